The van der Waals surface area contributed by atoms with Crippen molar-refractivity contribution in [1.82, 2.24) is 9.61 Å². The summed E-state index contributed by atoms with van der Waals surface area (Å²) >= 11 is 0. The van der Waals surface area contributed by atoms with Crippen LogP contribution in [0.3, 0.4) is 0 Å². The zero-order valence-corrected chi connectivity index (χ0v) is 10.9. The van der Waals surface area contributed by atoms with Gasteiger partial charge >= 0.3 is 6.09 Å². The average Bonchev–Trinajstić information content (AvgIpc) is 2.85. The first-order valence-corrected chi connectivity index (χ1v) is 6.14. The first-order chi connectivity index (χ1) is 10.2. The quantitative estimate of drug-likeness (QED) is 0.778. The van der Waals surface area contributed by atoms with Crippen LogP contribution in [-0.2, 0) is 0 Å². The molecule has 6 heteroatoms. The summed E-state index contributed by atoms with van der Waals surface area (Å²) in [5, 5.41) is 13.8. The van der Waals surface area contributed by atoms with Crippen molar-refractivity contribution in [2.75, 3.05) is 0 Å². The van der Waals surface area contributed by atoms with Gasteiger partial charge in [0, 0.05) is 5.56 Å². The number of nitriles is 1. The number of rotatable bonds is 2. The number of nitrogens with zero attached hydrogens (tertiary/aromatic N) is 3. The summed E-state index contributed by atoms with van der Waals surface area (Å²) < 4.78 is 6.31. The summed E-state index contributed by atoms with van der Waals surface area (Å²) in [6.07, 6.45) is 0.609. The second-order valence-corrected chi connectivity index (χ2v) is 4.32. The zero-order valence-electron chi connectivity index (χ0n) is 10.9. The molecule has 0 saturated carbocycles. The molecule has 2 aromatic heterocycles. The molecule has 2 N–H and O–H groups in total. The van der Waals surface area contributed by atoms with E-state index in [1.165, 1.54) is 10.7 Å². The fraction of sp³-hybridized carbons (Fsp3) is 0. The Hall–Kier alpha value is -3.33. The van der Waals surface area contributed by atoms with Gasteiger partial charge in [0.15, 0.2) is 5.75 Å². The van der Waals surface area contributed by atoms with Crippen molar-refractivity contribution in [3.05, 3.63) is 54.2 Å². The molecule has 6 nitrogen and oxygen atoms in total. The molecule has 0 bridgehead atoms. The van der Waals surface area contributed by atoms with E-state index in [1.54, 1.807) is 12.1 Å². The number of fused-ring (bicyclic) bond motifs is 1. The van der Waals surface area contributed by atoms with Gasteiger partial charge in [0.1, 0.15) is 17.3 Å². The monoisotopic (exact) mass is 278 g/mol. The van der Waals surface area contributed by atoms with Crippen LogP contribution in [0.1, 0.15) is 5.56 Å². The van der Waals surface area contributed by atoms with E-state index in [0.717, 1.165) is 5.56 Å². The molecule has 0 atom stereocenters. The SMILES string of the molecule is N#Cc1c(-c2ccccc2)nn2cc(OC(N)=O)ccc12. The third-order valence-electron chi connectivity index (χ3n) is 2.98. The molecular weight excluding hydrogens is 268 g/mol. The van der Waals surface area contributed by atoms with E-state index in [2.05, 4.69) is 11.2 Å². The molecule has 0 unspecified atom stereocenters. The number of amides is 1. The van der Waals surface area contributed by atoms with Gasteiger partial charge < -0.3 is 10.5 Å². The van der Waals surface area contributed by atoms with Crippen molar-refractivity contribution in [3.8, 4) is 23.1 Å². The lowest BCUT2D eigenvalue weighted by Gasteiger charge is -2.00. The topological polar surface area (TPSA) is 93.4 Å². The van der Waals surface area contributed by atoms with Gasteiger partial charge in [-0.05, 0) is 12.1 Å². The van der Waals surface area contributed by atoms with Gasteiger partial charge in [-0.2, -0.15) is 10.4 Å². The van der Waals surface area contributed by atoms with Crippen LogP contribution in [0.2, 0.25) is 0 Å². The van der Waals surface area contributed by atoms with Gasteiger partial charge in [-0.15, -0.1) is 0 Å². The van der Waals surface area contributed by atoms with Crippen LogP contribution in [0.15, 0.2) is 48.7 Å². The molecule has 3 rings (SSSR count). The maximum Gasteiger partial charge on any atom is 0.410 e. The van der Waals surface area contributed by atoms with E-state index < -0.39 is 6.09 Å². The fourth-order valence-electron chi connectivity index (χ4n) is 2.12. The second-order valence-electron chi connectivity index (χ2n) is 4.32. The van der Waals surface area contributed by atoms with Gasteiger partial charge in [0.2, 0.25) is 0 Å². The second kappa shape index (κ2) is 4.98. The maximum atomic E-state index is 10.8. The number of nitrogens with two attached hydrogens (primary N) is 1. The average molecular weight is 278 g/mol. The minimum atomic E-state index is -0.898. The van der Waals surface area contributed by atoms with Crippen LogP contribution in [0.25, 0.3) is 16.8 Å². The Morgan fingerprint density at radius 2 is 2.00 bits per heavy atom. The third kappa shape index (κ3) is 2.28. The molecule has 0 radical (unpaired) electrons. The Kier molecular flexibility index (Phi) is 3.01. The third-order valence-corrected chi connectivity index (χ3v) is 2.98. The molecular formula is C15H10N4O2. The van der Waals surface area contributed by atoms with Crippen LogP contribution >= 0.6 is 0 Å². The van der Waals surface area contributed by atoms with E-state index in [-0.39, 0.29) is 5.75 Å². The van der Waals surface area contributed by atoms with Crippen LogP contribution in [0, 0.1) is 11.3 Å². The molecule has 1 amide bonds. The van der Waals surface area contributed by atoms with Crippen molar-refractivity contribution in [1.29, 1.82) is 5.26 Å². The minimum Gasteiger partial charge on any atom is -0.409 e. The molecule has 1 aromatic carbocycles. The van der Waals surface area contributed by atoms with E-state index >= 15 is 0 Å². The van der Waals surface area contributed by atoms with Gasteiger partial charge in [0.25, 0.3) is 0 Å². The lowest BCUT2D eigenvalue weighted by atomic mass is 10.1. The van der Waals surface area contributed by atoms with E-state index in [1.807, 2.05) is 30.3 Å². The lowest BCUT2D eigenvalue weighted by Crippen LogP contribution is -2.16. The summed E-state index contributed by atoms with van der Waals surface area (Å²) in [4.78, 5) is 10.8. The summed E-state index contributed by atoms with van der Waals surface area (Å²) in [6, 6.07) is 14.8. The maximum absolute atomic E-state index is 10.8. The molecule has 21 heavy (non-hydrogen) atoms. The van der Waals surface area contributed by atoms with Gasteiger partial charge in [-0.25, -0.2) is 9.31 Å². The first-order valence-electron chi connectivity index (χ1n) is 6.14. The van der Waals surface area contributed by atoms with Gasteiger partial charge in [-0.1, -0.05) is 30.3 Å². The van der Waals surface area contributed by atoms with Crippen molar-refractivity contribution < 1.29 is 9.53 Å². The highest BCUT2D eigenvalue weighted by Crippen LogP contribution is 2.26. The minimum absolute atomic E-state index is 0.265. The molecule has 0 spiro atoms. The predicted molar refractivity (Wildman–Crippen MR) is 75.6 cm³/mol. The largest absolute Gasteiger partial charge is 0.410 e. The normalized spacial score (nSPS) is 10.2. The molecule has 3 aromatic rings. The van der Waals surface area contributed by atoms with Crippen molar-refractivity contribution in [2.45, 2.75) is 0 Å². The molecule has 0 aliphatic heterocycles. The standard InChI is InChI=1S/C15H10N4O2/c16-8-12-13-7-6-11(21-15(17)20)9-19(13)18-14(12)10-4-2-1-3-5-10/h1-7,9H,(H2,17,20). The Balaban J connectivity index is 2.18. The Labute approximate surface area is 120 Å². The molecule has 0 aliphatic carbocycles. The number of hydrogen-bond donors (Lipinski definition) is 1. The highest BCUT2D eigenvalue weighted by molar-refractivity contribution is 5.77. The molecule has 102 valence electrons. The van der Waals surface area contributed by atoms with E-state index in [0.29, 0.717) is 16.8 Å². The van der Waals surface area contributed by atoms with E-state index in [9.17, 15) is 10.1 Å². The number of aromatic nitrogens is 2. The first kappa shape index (κ1) is 12.7. The van der Waals surface area contributed by atoms with Crippen LogP contribution in [0.5, 0.6) is 5.75 Å². The summed E-state index contributed by atoms with van der Waals surface area (Å²) in [5.74, 6) is 0.265. The number of hydrogen-bond acceptors (Lipinski definition) is 4. The van der Waals surface area contributed by atoms with Crippen molar-refractivity contribution in [3.63, 3.8) is 0 Å². The predicted octanol–water partition coefficient (Wildman–Crippen LogP) is 2.33. The van der Waals surface area contributed by atoms with Gasteiger partial charge in [-0.3, -0.25) is 0 Å². The Morgan fingerprint density at radius 3 is 2.67 bits per heavy atom. The lowest BCUT2D eigenvalue weighted by molar-refractivity contribution is 0.210. The van der Waals surface area contributed by atoms with Crippen LogP contribution < -0.4 is 10.5 Å². The highest BCUT2D eigenvalue weighted by Gasteiger charge is 2.14. The summed E-state index contributed by atoms with van der Waals surface area (Å²) in [6.45, 7) is 0. The smallest absolute Gasteiger partial charge is 0.409 e. The molecule has 0 saturated heterocycles. The number of benzene rings is 1. The number of ether oxygens (including phenoxy) is 1. The Morgan fingerprint density at radius 1 is 1.24 bits per heavy atom. The number of pyridine rings is 1. The molecule has 2 heterocycles. The van der Waals surface area contributed by atoms with Crippen molar-refractivity contribution in [2.24, 2.45) is 5.73 Å². The van der Waals surface area contributed by atoms with Gasteiger partial charge in [0.05, 0.1) is 11.7 Å². The van der Waals surface area contributed by atoms with Crippen molar-refractivity contribution >= 4 is 11.6 Å². The Bertz CT molecular complexity index is 863. The zero-order chi connectivity index (χ0) is 14.8. The van der Waals surface area contributed by atoms with E-state index in [4.69, 9.17) is 10.5 Å². The van der Waals surface area contributed by atoms with Crippen LogP contribution in [-0.4, -0.2) is 15.7 Å². The molecule has 0 aliphatic rings. The number of carbonyl (C=O) groups excluding carboxylic acids is 1. The highest BCUT2D eigenvalue weighted by atomic mass is 16.5. The summed E-state index contributed by atoms with van der Waals surface area (Å²) in [5.41, 5.74) is 7.50. The van der Waals surface area contributed by atoms with Crippen LogP contribution in [0.4, 0.5) is 4.79 Å². The number of primary amides is 1. The molecule has 0 fully saturated rings. The summed E-state index contributed by atoms with van der Waals surface area (Å²) in [7, 11) is 0. The fourth-order valence-corrected chi connectivity index (χ4v) is 2.12. The number of carbonyl (C=O) groups is 1.